The van der Waals surface area contributed by atoms with Crippen molar-refractivity contribution >= 4 is 5.91 Å². The van der Waals surface area contributed by atoms with E-state index in [4.69, 9.17) is 4.74 Å². The number of carbonyl (C=O) groups excluding carboxylic acids is 1. The normalized spacial score (nSPS) is 11.9. The van der Waals surface area contributed by atoms with E-state index in [1.165, 1.54) is 0 Å². The highest BCUT2D eigenvalue weighted by Gasteiger charge is 2.16. The molecule has 3 nitrogen and oxygen atoms in total. The van der Waals surface area contributed by atoms with Crippen LogP contribution < -0.4 is 10.1 Å². The summed E-state index contributed by atoms with van der Waals surface area (Å²) in [6, 6.07) is 7.62. The summed E-state index contributed by atoms with van der Waals surface area (Å²) in [7, 11) is 3.29. The van der Waals surface area contributed by atoms with E-state index in [9.17, 15) is 4.79 Å². The maximum absolute atomic E-state index is 11.6. The fourth-order valence-corrected chi connectivity index (χ4v) is 1.58. The summed E-state index contributed by atoms with van der Waals surface area (Å²) in [4.78, 5) is 11.6. The van der Waals surface area contributed by atoms with Crippen LogP contribution in [0.5, 0.6) is 5.75 Å². The number of likely N-dealkylation sites (N-methyl/N-ethyl adjacent to an activating group) is 1. The number of amides is 1. The van der Waals surface area contributed by atoms with E-state index in [1.807, 2.05) is 31.2 Å². The Morgan fingerprint density at radius 3 is 2.40 bits per heavy atom. The maximum atomic E-state index is 11.6. The first kappa shape index (κ1) is 11.6. The van der Waals surface area contributed by atoms with Crippen molar-refractivity contribution in [2.45, 2.75) is 19.3 Å². The molecular formula is C12H17NO2. The first-order valence-corrected chi connectivity index (χ1v) is 5.08. The average Bonchev–Trinajstić information content (AvgIpc) is 2.30. The summed E-state index contributed by atoms with van der Waals surface area (Å²) in [5, 5.41) is 2.67. The third-order valence-corrected chi connectivity index (χ3v) is 2.49. The fraction of sp³-hybridized carbons (Fsp3) is 0.417. The second kappa shape index (κ2) is 5.39. The number of ether oxygens (including phenoxy) is 1. The third-order valence-electron chi connectivity index (χ3n) is 2.49. The van der Waals surface area contributed by atoms with Gasteiger partial charge in [0.2, 0.25) is 5.91 Å². The van der Waals surface area contributed by atoms with Crippen LogP contribution in [0.25, 0.3) is 0 Å². The van der Waals surface area contributed by atoms with Crippen LogP contribution in [0.1, 0.15) is 24.8 Å². The molecule has 1 atom stereocenters. The van der Waals surface area contributed by atoms with Crippen LogP contribution in [-0.4, -0.2) is 20.1 Å². The molecular weight excluding hydrogens is 190 g/mol. The molecule has 1 aromatic carbocycles. The van der Waals surface area contributed by atoms with Gasteiger partial charge in [0.05, 0.1) is 13.0 Å². The lowest BCUT2D eigenvalue weighted by Crippen LogP contribution is -2.25. The van der Waals surface area contributed by atoms with Gasteiger partial charge in [0, 0.05) is 7.05 Å². The quantitative estimate of drug-likeness (QED) is 0.819. The topological polar surface area (TPSA) is 38.3 Å². The lowest BCUT2D eigenvalue weighted by atomic mass is 9.95. The summed E-state index contributed by atoms with van der Waals surface area (Å²) in [5.74, 6) is 0.800. The van der Waals surface area contributed by atoms with Crippen molar-refractivity contribution in [2.24, 2.45) is 0 Å². The smallest absolute Gasteiger partial charge is 0.227 e. The van der Waals surface area contributed by atoms with Gasteiger partial charge in [-0.3, -0.25) is 4.79 Å². The average molecular weight is 207 g/mol. The van der Waals surface area contributed by atoms with Crippen LogP contribution in [-0.2, 0) is 4.79 Å². The summed E-state index contributed by atoms with van der Waals surface area (Å²) in [6.07, 6.45) is 0.798. The minimum atomic E-state index is -0.0686. The number of hydrogen-bond donors (Lipinski definition) is 1. The number of nitrogens with one attached hydrogen (secondary N) is 1. The van der Waals surface area contributed by atoms with E-state index in [2.05, 4.69) is 5.32 Å². The number of benzene rings is 1. The van der Waals surface area contributed by atoms with Crippen molar-refractivity contribution in [3.63, 3.8) is 0 Å². The van der Waals surface area contributed by atoms with Crippen LogP contribution in [0.3, 0.4) is 0 Å². The molecule has 15 heavy (non-hydrogen) atoms. The van der Waals surface area contributed by atoms with Gasteiger partial charge < -0.3 is 10.1 Å². The van der Waals surface area contributed by atoms with E-state index in [0.29, 0.717) is 0 Å². The Morgan fingerprint density at radius 2 is 2.00 bits per heavy atom. The second-order valence-electron chi connectivity index (χ2n) is 3.35. The van der Waals surface area contributed by atoms with E-state index in [0.717, 1.165) is 17.7 Å². The third kappa shape index (κ3) is 2.72. The molecule has 3 heteroatoms. The molecule has 0 aliphatic carbocycles. The van der Waals surface area contributed by atoms with Crippen LogP contribution in [0.2, 0.25) is 0 Å². The van der Waals surface area contributed by atoms with Gasteiger partial charge in [0.25, 0.3) is 0 Å². The summed E-state index contributed by atoms with van der Waals surface area (Å²) >= 11 is 0. The van der Waals surface area contributed by atoms with Crippen molar-refractivity contribution < 1.29 is 9.53 Å². The van der Waals surface area contributed by atoms with E-state index < -0.39 is 0 Å². The molecule has 0 aliphatic heterocycles. The van der Waals surface area contributed by atoms with Crippen molar-refractivity contribution in [3.05, 3.63) is 29.8 Å². The first-order chi connectivity index (χ1) is 7.22. The SMILES string of the molecule is CCC(C(=O)NC)c1ccc(OC)cc1. The zero-order valence-electron chi connectivity index (χ0n) is 9.41. The van der Waals surface area contributed by atoms with Gasteiger partial charge in [0.15, 0.2) is 0 Å². The van der Waals surface area contributed by atoms with Gasteiger partial charge in [-0.25, -0.2) is 0 Å². The molecule has 0 saturated carbocycles. The molecule has 82 valence electrons. The van der Waals surface area contributed by atoms with Crippen molar-refractivity contribution in [3.8, 4) is 5.75 Å². The van der Waals surface area contributed by atoms with E-state index in [-0.39, 0.29) is 11.8 Å². The Balaban J connectivity index is 2.87. The molecule has 0 bridgehead atoms. The van der Waals surface area contributed by atoms with E-state index >= 15 is 0 Å². The minimum Gasteiger partial charge on any atom is -0.497 e. The van der Waals surface area contributed by atoms with E-state index in [1.54, 1.807) is 14.2 Å². The molecule has 1 amide bonds. The molecule has 0 radical (unpaired) electrons. The van der Waals surface area contributed by atoms with Gasteiger partial charge in [-0.05, 0) is 24.1 Å². The highest BCUT2D eigenvalue weighted by atomic mass is 16.5. The van der Waals surface area contributed by atoms with Gasteiger partial charge in [-0.2, -0.15) is 0 Å². The lowest BCUT2D eigenvalue weighted by molar-refractivity contribution is -0.122. The Morgan fingerprint density at radius 1 is 1.40 bits per heavy atom. The number of hydrogen-bond acceptors (Lipinski definition) is 2. The van der Waals surface area contributed by atoms with Crippen molar-refractivity contribution in [2.75, 3.05) is 14.2 Å². The van der Waals surface area contributed by atoms with Gasteiger partial charge in [-0.1, -0.05) is 19.1 Å². The lowest BCUT2D eigenvalue weighted by Gasteiger charge is -2.13. The first-order valence-electron chi connectivity index (χ1n) is 5.08. The molecule has 0 spiro atoms. The largest absolute Gasteiger partial charge is 0.497 e. The molecule has 1 aromatic rings. The van der Waals surface area contributed by atoms with Gasteiger partial charge in [-0.15, -0.1) is 0 Å². The Bertz CT molecular complexity index is 319. The molecule has 0 aromatic heterocycles. The Kier molecular flexibility index (Phi) is 4.16. The Hall–Kier alpha value is -1.51. The fourth-order valence-electron chi connectivity index (χ4n) is 1.58. The predicted octanol–water partition coefficient (Wildman–Crippen LogP) is 1.93. The standard InChI is InChI=1S/C12H17NO2/c1-4-11(12(14)13-2)9-5-7-10(15-3)8-6-9/h5-8,11H,4H2,1-3H3,(H,13,14). The highest BCUT2D eigenvalue weighted by molar-refractivity contribution is 5.83. The van der Waals surface area contributed by atoms with Crippen LogP contribution >= 0.6 is 0 Å². The Labute approximate surface area is 90.4 Å². The van der Waals surface area contributed by atoms with Crippen LogP contribution in [0.4, 0.5) is 0 Å². The monoisotopic (exact) mass is 207 g/mol. The maximum Gasteiger partial charge on any atom is 0.227 e. The summed E-state index contributed by atoms with van der Waals surface area (Å²) < 4.78 is 5.07. The summed E-state index contributed by atoms with van der Waals surface area (Å²) in [6.45, 7) is 2.00. The van der Waals surface area contributed by atoms with Gasteiger partial charge >= 0.3 is 0 Å². The predicted molar refractivity (Wildman–Crippen MR) is 60.1 cm³/mol. The molecule has 0 saturated heterocycles. The number of carbonyl (C=O) groups is 1. The zero-order valence-corrected chi connectivity index (χ0v) is 9.41. The van der Waals surface area contributed by atoms with Crippen molar-refractivity contribution in [1.29, 1.82) is 0 Å². The van der Waals surface area contributed by atoms with Crippen LogP contribution in [0.15, 0.2) is 24.3 Å². The highest BCUT2D eigenvalue weighted by Crippen LogP contribution is 2.22. The van der Waals surface area contributed by atoms with Crippen molar-refractivity contribution in [1.82, 2.24) is 5.32 Å². The second-order valence-corrected chi connectivity index (χ2v) is 3.35. The zero-order chi connectivity index (χ0) is 11.3. The molecule has 1 N–H and O–H groups in total. The molecule has 1 rings (SSSR count). The minimum absolute atomic E-state index is 0.0580. The summed E-state index contributed by atoms with van der Waals surface area (Å²) in [5.41, 5.74) is 1.03. The number of methoxy groups -OCH3 is 1. The molecule has 1 unspecified atom stereocenters. The molecule has 0 aliphatic rings. The number of rotatable bonds is 4. The molecule has 0 fully saturated rings. The van der Waals surface area contributed by atoms with Gasteiger partial charge in [0.1, 0.15) is 5.75 Å². The van der Waals surface area contributed by atoms with Crippen LogP contribution in [0, 0.1) is 0 Å². The molecule has 0 heterocycles.